The van der Waals surface area contributed by atoms with E-state index in [-0.39, 0.29) is 6.04 Å². The number of thioether (sulfide) groups is 1. The molecule has 7 heteroatoms. The molecule has 0 spiro atoms. The number of H-pyrrole nitrogens is 1. The minimum absolute atomic E-state index is 0.0239. The molecule has 0 aromatic carbocycles. The average Bonchev–Trinajstić information content (AvgIpc) is 2.74. The topological polar surface area (TPSA) is 88.9 Å². The van der Waals surface area contributed by atoms with E-state index < -0.39 is 0 Å². The molecule has 0 aliphatic heterocycles. The van der Waals surface area contributed by atoms with Gasteiger partial charge in [0.2, 0.25) is 5.96 Å². The summed E-state index contributed by atoms with van der Waals surface area (Å²) in [6.07, 6.45) is 5.54. The molecule has 1 aromatic rings. The maximum Gasteiger partial charge on any atom is 0.204 e. The fourth-order valence-corrected chi connectivity index (χ4v) is 2.03. The van der Waals surface area contributed by atoms with Crippen LogP contribution in [0.15, 0.2) is 11.3 Å². The molecule has 1 atom stereocenters. The predicted octanol–water partition coefficient (Wildman–Crippen LogP) is 0.768. The zero-order valence-electron chi connectivity index (χ0n) is 10.1. The lowest BCUT2D eigenvalue weighted by atomic mass is 10.2. The van der Waals surface area contributed by atoms with E-state index in [4.69, 9.17) is 5.26 Å². The van der Waals surface area contributed by atoms with Gasteiger partial charge in [-0.25, -0.2) is 4.98 Å². The third-order valence-electron chi connectivity index (χ3n) is 2.24. The molecule has 0 fully saturated rings. The van der Waals surface area contributed by atoms with Gasteiger partial charge in [-0.2, -0.15) is 17.0 Å². The Morgan fingerprint density at radius 2 is 2.53 bits per heavy atom. The van der Waals surface area contributed by atoms with Gasteiger partial charge in [-0.1, -0.05) is 0 Å². The number of nitrogens with one attached hydrogen (secondary N) is 3. The van der Waals surface area contributed by atoms with E-state index >= 15 is 0 Å². The predicted molar refractivity (Wildman–Crippen MR) is 69.7 cm³/mol. The molecular formula is C10H16N6S. The van der Waals surface area contributed by atoms with Crippen LogP contribution in [0, 0.1) is 18.4 Å². The SMILES string of the molecule is CN=C(NC#N)NC(CSC)c1nc[nH]c1C. The quantitative estimate of drug-likeness (QED) is 0.319. The molecule has 17 heavy (non-hydrogen) atoms. The number of aryl methyl sites for hydroxylation is 1. The second-order valence-corrected chi connectivity index (χ2v) is 4.28. The molecule has 0 saturated carbocycles. The lowest BCUT2D eigenvalue weighted by molar-refractivity contribution is 0.689. The number of aromatic amines is 1. The van der Waals surface area contributed by atoms with E-state index in [1.807, 2.05) is 19.4 Å². The molecule has 0 saturated heterocycles. The molecule has 1 rings (SSSR count). The van der Waals surface area contributed by atoms with Crippen molar-refractivity contribution in [3.05, 3.63) is 17.7 Å². The highest BCUT2D eigenvalue weighted by atomic mass is 32.2. The van der Waals surface area contributed by atoms with E-state index in [0.717, 1.165) is 17.1 Å². The van der Waals surface area contributed by atoms with Crippen molar-refractivity contribution in [2.75, 3.05) is 19.1 Å². The Bertz CT molecular complexity index is 419. The molecule has 6 nitrogen and oxygen atoms in total. The normalized spacial score (nSPS) is 12.9. The van der Waals surface area contributed by atoms with Crippen molar-refractivity contribution in [3.8, 4) is 6.19 Å². The fourth-order valence-electron chi connectivity index (χ4n) is 1.45. The molecular weight excluding hydrogens is 236 g/mol. The van der Waals surface area contributed by atoms with Crippen LogP contribution in [-0.2, 0) is 0 Å². The van der Waals surface area contributed by atoms with Crippen LogP contribution < -0.4 is 10.6 Å². The summed E-state index contributed by atoms with van der Waals surface area (Å²) in [4.78, 5) is 11.3. The Morgan fingerprint density at radius 1 is 1.76 bits per heavy atom. The third-order valence-corrected chi connectivity index (χ3v) is 2.91. The molecule has 0 aliphatic carbocycles. The molecule has 3 N–H and O–H groups in total. The van der Waals surface area contributed by atoms with Gasteiger partial charge in [0.05, 0.1) is 18.1 Å². The smallest absolute Gasteiger partial charge is 0.204 e. The van der Waals surface area contributed by atoms with Gasteiger partial charge in [-0.05, 0) is 13.2 Å². The molecule has 1 aromatic heterocycles. The van der Waals surface area contributed by atoms with Crippen molar-refractivity contribution in [2.24, 2.45) is 4.99 Å². The summed E-state index contributed by atoms with van der Waals surface area (Å²) in [5.74, 6) is 1.30. The minimum Gasteiger partial charge on any atom is -0.348 e. The van der Waals surface area contributed by atoms with Gasteiger partial charge >= 0.3 is 0 Å². The number of hydrogen-bond acceptors (Lipinski definition) is 4. The van der Waals surface area contributed by atoms with E-state index in [2.05, 4.69) is 25.6 Å². The Kier molecular flexibility index (Phi) is 5.36. The summed E-state index contributed by atoms with van der Waals surface area (Å²) in [6.45, 7) is 1.97. The lowest BCUT2D eigenvalue weighted by Crippen LogP contribution is -2.38. The number of rotatable bonds is 4. The van der Waals surface area contributed by atoms with Crippen LogP contribution in [0.25, 0.3) is 0 Å². The second kappa shape index (κ2) is 6.81. The molecule has 1 unspecified atom stereocenters. The summed E-state index contributed by atoms with van der Waals surface area (Å²) in [5.41, 5.74) is 1.96. The van der Waals surface area contributed by atoms with Crippen molar-refractivity contribution in [2.45, 2.75) is 13.0 Å². The highest BCUT2D eigenvalue weighted by Crippen LogP contribution is 2.17. The largest absolute Gasteiger partial charge is 0.348 e. The highest BCUT2D eigenvalue weighted by molar-refractivity contribution is 7.98. The van der Waals surface area contributed by atoms with Gasteiger partial charge in [-0.3, -0.25) is 10.3 Å². The van der Waals surface area contributed by atoms with Gasteiger partial charge < -0.3 is 10.3 Å². The number of nitriles is 1. The molecule has 0 amide bonds. The number of imidazole rings is 1. The van der Waals surface area contributed by atoms with Gasteiger partial charge in [0.1, 0.15) is 0 Å². The highest BCUT2D eigenvalue weighted by Gasteiger charge is 2.17. The summed E-state index contributed by atoms with van der Waals surface area (Å²) in [5, 5.41) is 14.2. The van der Waals surface area contributed by atoms with E-state index in [9.17, 15) is 0 Å². The molecule has 92 valence electrons. The number of aromatic nitrogens is 2. The lowest BCUT2D eigenvalue weighted by Gasteiger charge is -2.18. The zero-order valence-corrected chi connectivity index (χ0v) is 10.9. The molecule has 0 aliphatic rings. The maximum absolute atomic E-state index is 8.59. The molecule has 0 bridgehead atoms. The van der Waals surface area contributed by atoms with Crippen molar-refractivity contribution in [1.82, 2.24) is 20.6 Å². The Morgan fingerprint density at radius 3 is 3.00 bits per heavy atom. The second-order valence-electron chi connectivity index (χ2n) is 3.37. The van der Waals surface area contributed by atoms with Crippen LogP contribution in [0.1, 0.15) is 17.4 Å². The zero-order chi connectivity index (χ0) is 12.7. The van der Waals surface area contributed by atoms with Gasteiger partial charge in [0, 0.05) is 18.5 Å². The van der Waals surface area contributed by atoms with Crippen molar-refractivity contribution >= 4 is 17.7 Å². The maximum atomic E-state index is 8.59. The van der Waals surface area contributed by atoms with Gasteiger partial charge in [0.15, 0.2) is 6.19 Å². The van der Waals surface area contributed by atoms with Gasteiger partial charge in [0.25, 0.3) is 0 Å². The standard InChI is InChI=1S/C10H16N6S/c1-7-9(15-6-14-7)8(4-17-3)16-10(12-2)13-5-11/h6,8H,4H2,1-3H3,(H,14,15)(H2,12,13,16). The number of hydrogen-bond donors (Lipinski definition) is 3. The minimum atomic E-state index is 0.0239. The average molecular weight is 252 g/mol. The first-order valence-electron chi connectivity index (χ1n) is 5.10. The summed E-state index contributed by atoms with van der Waals surface area (Å²) < 4.78 is 0. The van der Waals surface area contributed by atoms with Crippen molar-refractivity contribution in [3.63, 3.8) is 0 Å². The number of nitrogens with zero attached hydrogens (tertiary/aromatic N) is 3. The Balaban J connectivity index is 2.81. The molecule has 1 heterocycles. The van der Waals surface area contributed by atoms with Crippen LogP contribution in [0.3, 0.4) is 0 Å². The first-order valence-corrected chi connectivity index (χ1v) is 6.49. The summed E-state index contributed by atoms with van der Waals surface area (Å²) >= 11 is 1.71. The van der Waals surface area contributed by atoms with E-state index in [1.165, 1.54) is 0 Å². The number of guanidine groups is 1. The van der Waals surface area contributed by atoms with Crippen molar-refractivity contribution in [1.29, 1.82) is 5.26 Å². The van der Waals surface area contributed by atoms with Crippen molar-refractivity contribution < 1.29 is 0 Å². The van der Waals surface area contributed by atoms with Crippen LogP contribution in [0.5, 0.6) is 0 Å². The van der Waals surface area contributed by atoms with Crippen LogP contribution in [0.2, 0.25) is 0 Å². The van der Waals surface area contributed by atoms with Crippen LogP contribution in [0.4, 0.5) is 0 Å². The first-order chi connectivity index (χ1) is 8.22. The monoisotopic (exact) mass is 252 g/mol. The fraction of sp³-hybridized carbons (Fsp3) is 0.500. The van der Waals surface area contributed by atoms with E-state index in [1.54, 1.807) is 25.1 Å². The van der Waals surface area contributed by atoms with Gasteiger partial charge in [-0.15, -0.1) is 0 Å². The summed E-state index contributed by atoms with van der Waals surface area (Å²) in [7, 11) is 1.63. The Labute approximate surface area is 105 Å². The first kappa shape index (κ1) is 13.4. The van der Waals surface area contributed by atoms with E-state index in [0.29, 0.717) is 5.96 Å². The Hall–Kier alpha value is -1.68. The molecule has 0 radical (unpaired) electrons. The third kappa shape index (κ3) is 3.67. The number of aliphatic imine (C=N–C) groups is 1. The summed E-state index contributed by atoms with van der Waals surface area (Å²) in [6, 6.07) is 0.0239. The van der Waals surface area contributed by atoms with Crippen LogP contribution >= 0.6 is 11.8 Å². The van der Waals surface area contributed by atoms with Crippen LogP contribution in [-0.4, -0.2) is 35.0 Å².